The molecule has 33 heavy (non-hydrogen) atoms. The van der Waals surface area contributed by atoms with E-state index in [1.54, 1.807) is 7.11 Å². The second kappa shape index (κ2) is 11.1. The molecule has 9 nitrogen and oxygen atoms in total. The SMILES string of the molecule is CCC(C(=O)NC1CCCCC1)N(Cc1cccc(OC)c1)C(=O)c1snc(C(N)=O)c1N. The van der Waals surface area contributed by atoms with Gasteiger partial charge in [-0.3, -0.25) is 14.4 Å². The molecule has 0 bridgehead atoms. The fourth-order valence-electron chi connectivity index (χ4n) is 4.14. The van der Waals surface area contributed by atoms with Gasteiger partial charge in [0.2, 0.25) is 5.91 Å². The lowest BCUT2D eigenvalue weighted by molar-refractivity contribution is -0.126. The number of aromatic nitrogens is 1. The Hall–Kier alpha value is -3.14. The summed E-state index contributed by atoms with van der Waals surface area (Å²) in [6.45, 7) is 2.03. The fraction of sp³-hybridized carbons (Fsp3) is 0.478. The number of benzene rings is 1. The maximum atomic E-state index is 13.6. The van der Waals surface area contributed by atoms with Gasteiger partial charge in [0.1, 0.15) is 16.7 Å². The van der Waals surface area contributed by atoms with Crippen LogP contribution in [0, 0.1) is 0 Å². The molecule has 2 aromatic rings. The van der Waals surface area contributed by atoms with E-state index in [-0.39, 0.29) is 34.8 Å². The van der Waals surface area contributed by atoms with Crippen molar-refractivity contribution in [3.8, 4) is 5.75 Å². The second-order valence-corrected chi connectivity index (χ2v) is 8.96. The van der Waals surface area contributed by atoms with E-state index >= 15 is 0 Å². The first kappa shape index (κ1) is 24.5. The normalized spacial score (nSPS) is 15.0. The molecule has 1 aliphatic carbocycles. The van der Waals surface area contributed by atoms with E-state index in [1.165, 1.54) is 11.3 Å². The van der Waals surface area contributed by atoms with Crippen LogP contribution in [-0.2, 0) is 11.3 Å². The minimum absolute atomic E-state index is 0.0596. The molecule has 1 atom stereocenters. The van der Waals surface area contributed by atoms with Gasteiger partial charge < -0.3 is 26.4 Å². The smallest absolute Gasteiger partial charge is 0.270 e. The van der Waals surface area contributed by atoms with Crippen molar-refractivity contribution in [2.75, 3.05) is 12.8 Å². The van der Waals surface area contributed by atoms with E-state index in [4.69, 9.17) is 16.2 Å². The van der Waals surface area contributed by atoms with Crippen molar-refractivity contribution >= 4 is 34.9 Å². The largest absolute Gasteiger partial charge is 0.497 e. The lowest BCUT2D eigenvalue weighted by atomic mass is 9.95. The Morgan fingerprint density at radius 1 is 1.27 bits per heavy atom. The number of ether oxygens (including phenoxy) is 1. The van der Waals surface area contributed by atoms with Crippen molar-refractivity contribution in [2.45, 2.75) is 64.1 Å². The first-order valence-electron chi connectivity index (χ1n) is 11.1. The third-order valence-electron chi connectivity index (χ3n) is 5.92. The van der Waals surface area contributed by atoms with Gasteiger partial charge in [-0.05, 0) is 48.5 Å². The van der Waals surface area contributed by atoms with Crippen LogP contribution in [0.15, 0.2) is 24.3 Å². The summed E-state index contributed by atoms with van der Waals surface area (Å²) in [5, 5.41) is 3.13. The number of amides is 3. The average molecular weight is 474 g/mol. The molecule has 1 aromatic carbocycles. The van der Waals surface area contributed by atoms with E-state index in [1.807, 2.05) is 31.2 Å². The van der Waals surface area contributed by atoms with E-state index in [0.717, 1.165) is 42.8 Å². The van der Waals surface area contributed by atoms with Crippen molar-refractivity contribution in [3.63, 3.8) is 0 Å². The number of rotatable bonds is 9. The summed E-state index contributed by atoms with van der Waals surface area (Å²) in [7, 11) is 1.57. The lowest BCUT2D eigenvalue weighted by Gasteiger charge is -2.32. The van der Waals surface area contributed by atoms with E-state index in [9.17, 15) is 14.4 Å². The molecule has 0 saturated heterocycles. The third kappa shape index (κ3) is 5.81. The molecule has 0 radical (unpaired) electrons. The lowest BCUT2D eigenvalue weighted by Crippen LogP contribution is -2.51. The summed E-state index contributed by atoms with van der Waals surface area (Å²) in [6.07, 6.45) is 5.64. The van der Waals surface area contributed by atoms with Crippen LogP contribution >= 0.6 is 11.5 Å². The molecule has 3 amide bonds. The van der Waals surface area contributed by atoms with Crippen LogP contribution in [0.1, 0.15) is 71.2 Å². The van der Waals surface area contributed by atoms with Crippen molar-refractivity contribution in [3.05, 3.63) is 40.4 Å². The van der Waals surface area contributed by atoms with E-state index < -0.39 is 17.9 Å². The average Bonchev–Trinajstić information content (AvgIpc) is 3.20. The topological polar surface area (TPSA) is 141 Å². The minimum atomic E-state index is -0.802. The van der Waals surface area contributed by atoms with Crippen LogP contribution in [0.3, 0.4) is 0 Å². The Labute approximate surface area is 197 Å². The Balaban J connectivity index is 1.92. The number of nitrogens with two attached hydrogens (primary N) is 2. The fourth-order valence-corrected chi connectivity index (χ4v) is 4.90. The Morgan fingerprint density at radius 2 is 2.00 bits per heavy atom. The quantitative estimate of drug-likeness (QED) is 0.511. The summed E-state index contributed by atoms with van der Waals surface area (Å²) < 4.78 is 9.25. The van der Waals surface area contributed by atoms with Gasteiger partial charge >= 0.3 is 0 Å². The van der Waals surface area contributed by atoms with Crippen LogP contribution in [0.5, 0.6) is 5.75 Å². The number of nitrogen functional groups attached to an aromatic ring is 1. The molecule has 0 aliphatic heterocycles. The number of anilines is 1. The van der Waals surface area contributed by atoms with Crippen molar-refractivity contribution in [1.82, 2.24) is 14.6 Å². The number of carbonyl (C=O) groups excluding carboxylic acids is 3. The summed E-state index contributed by atoms with van der Waals surface area (Å²) in [5.74, 6) is -0.818. The van der Waals surface area contributed by atoms with Crippen LogP contribution in [0.25, 0.3) is 0 Å². The third-order valence-corrected chi connectivity index (χ3v) is 6.77. The molecular weight excluding hydrogens is 442 g/mol. The Bertz CT molecular complexity index is 1000. The zero-order chi connectivity index (χ0) is 24.0. The van der Waals surface area contributed by atoms with Gasteiger partial charge in [0.15, 0.2) is 5.69 Å². The van der Waals surface area contributed by atoms with Gasteiger partial charge in [-0.15, -0.1) is 0 Å². The van der Waals surface area contributed by atoms with Crippen LogP contribution in [0.4, 0.5) is 5.69 Å². The molecule has 1 aliphatic rings. The van der Waals surface area contributed by atoms with Crippen LogP contribution in [0.2, 0.25) is 0 Å². The molecular formula is C23H31N5O4S. The Kier molecular flexibility index (Phi) is 8.26. The number of hydrogen-bond acceptors (Lipinski definition) is 7. The Morgan fingerprint density at radius 3 is 2.61 bits per heavy atom. The summed E-state index contributed by atoms with van der Waals surface area (Å²) in [6, 6.07) is 6.71. The van der Waals surface area contributed by atoms with Crippen molar-refractivity contribution < 1.29 is 19.1 Å². The van der Waals surface area contributed by atoms with Gasteiger partial charge in [-0.2, -0.15) is 4.37 Å². The van der Waals surface area contributed by atoms with Crippen molar-refractivity contribution in [2.24, 2.45) is 5.73 Å². The van der Waals surface area contributed by atoms with Crippen molar-refractivity contribution in [1.29, 1.82) is 0 Å². The number of carbonyl (C=O) groups is 3. The van der Waals surface area contributed by atoms with Gasteiger partial charge in [0.05, 0.1) is 12.8 Å². The maximum absolute atomic E-state index is 13.6. The van der Waals surface area contributed by atoms with Crippen LogP contribution < -0.4 is 21.5 Å². The monoisotopic (exact) mass is 473 g/mol. The predicted octanol–water partition coefficient (Wildman–Crippen LogP) is 2.70. The number of hydrogen-bond donors (Lipinski definition) is 3. The molecule has 3 rings (SSSR count). The van der Waals surface area contributed by atoms with Gasteiger partial charge in [0, 0.05) is 12.6 Å². The number of nitrogens with zero attached hydrogens (tertiary/aromatic N) is 2. The predicted molar refractivity (Wildman–Crippen MR) is 127 cm³/mol. The molecule has 5 N–H and O–H groups in total. The van der Waals surface area contributed by atoms with Crippen LogP contribution in [-0.4, -0.2) is 46.2 Å². The number of methoxy groups -OCH3 is 1. The summed E-state index contributed by atoms with van der Waals surface area (Å²) in [4.78, 5) is 40.1. The highest BCUT2D eigenvalue weighted by atomic mass is 32.1. The van der Waals surface area contributed by atoms with Gasteiger partial charge in [-0.1, -0.05) is 38.3 Å². The summed E-state index contributed by atoms with van der Waals surface area (Å²) in [5.41, 5.74) is 12.0. The highest BCUT2D eigenvalue weighted by molar-refractivity contribution is 7.09. The zero-order valence-electron chi connectivity index (χ0n) is 19.0. The number of nitrogens with one attached hydrogen (secondary N) is 1. The highest BCUT2D eigenvalue weighted by Gasteiger charge is 2.33. The molecule has 1 fully saturated rings. The van der Waals surface area contributed by atoms with Gasteiger partial charge in [0.25, 0.3) is 11.8 Å². The zero-order valence-corrected chi connectivity index (χ0v) is 19.8. The number of primary amides is 1. The molecule has 10 heteroatoms. The van der Waals surface area contributed by atoms with Gasteiger partial charge in [-0.25, -0.2) is 0 Å². The molecule has 1 saturated carbocycles. The molecule has 1 unspecified atom stereocenters. The molecule has 0 spiro atoms. The molecule has 1 heterocycles. The maximum Gasteiger partial charge on any atom is 0.270 e. The molecule has 178 valence electrons. The first-order chi connectivity index (χ1) is 15.8. The van der Waals surface area contributed by atoms with E-state index in [0.29, 0.717) is 12.2 Å². The second-order valence-electron chi connectivity index (χ2n) is 8.19. The summed E-state index contributed by atoms with van der Waals surface area (Å²) >= 11 is 0.811. The standard InChI is InChI=1S/C23H31N5O4S/c1-3-17(22(30)26-15-9-5-4-6-10-15)28(13-14-8-7-11-16(12-14)32-2)23(31)20-18(24)19(21(25)29)27-33-20/h7-8,11-12,15,17H,3-6,9-10,13,24H2,1-2H3,(H2,25,29)(H,26,30). The first-order valence-corrected chi connectivity index (χ1v) is 11.9. The highest BCUT2D eigenvalue weighted by Crippen LogP contribution is 2.27. The van der Waals surface area contributed by atoms with E-state index in [2.05, 4.69) is 9.69 Å². The molecule has 1 aromatic heterocycles. The minimum Gasteiger partial charge on any atom is -0.497 e.